The molecule has 1 aromatic carbocycles. The maximum absolute atomic E-state index is 12.6. The summed E-state index contributed by atoms with van der Waals surface area (Å²) < 4.78 is 10.9. The molecule has 0 saturated carbocycles. The second-order valence-electron chi connectivity index (χ2n) is 7.73. The van der Waals surface area contributed by atoms with Crippen molar-refractivity contribution in [3.05, 3.63) is 29.8 Å². The van der Waals surface area contributed by atoms with E-state index in [0.717, 1.165) is 5.56 Å². The van der Waals surface area contributed by atoms with Crippen molar-refractivity contribution in [2.45, 2.75) is 65.2 Å². The van der Waals surface area contributed by atoms with E-state index in [1.165, 1.54) is 4.90 Å². The molecule has 0 saturated heterocycles. The van der Waals surface area contributed by atoms with Crippen LogP contribution in [-0.2, 0) is 20.7 Å². The predicted octanol–water partition coefficient (Wildman–Crippen LogP) is 3.69. The van der Waals surface area contributed by atoms with E-state index in [1.54, 1.807) is 20.8 Å². The molecule has 1 amide bonds. The molecular formula is C18H25NO4. The lowest BCUT2D eigenvalue weighted by Gasteiger charge is -2.30. The van der Waals surface area contributed by atoms with Gasteiger partial charge in [-0.15, -0.1) is 0 Å². The normalized spacial score (nSPS) is 17.7. The van der Waals surface area contributed by atoms with Crippen LogP contribution in [0.2, 0.25) is 0 Å². The fourth-order valence-corrected chi connectivity index (χ4v) is 2.48. The van der Waals surface area contributed by atoms with E-state index < -0.39 is 29.3 Å². The van der Waals surface area contributed by atoms with E-state index in [9.17, 15) is 9.59 Å². The zero-order chi connectivity index (χ0) is 17.4. The lowest BCUT2D eigenvalue weighted by atomic mass is 10.1. The summed E-state index contributed by atoms with van der Waals surface area (Å²) in [4.78, 5) is 26.5. The molecule has 1 aliphatic heterocycles. The molecule has 23 heavy (non-hydrogen) atoms. The first kappa shape index (κ1) is 17.3. The zero-order valence-electron chi connectivity index (χ0n) is 14.7. The molecule has 0 unspecified atom stereocenters. The van der Waals surface area contributed by atoms with Crippen LogP contribution in [0.5, 0.6) is 0 Å². The SMILES string of the molecule is CC(C)(C)OC(=O)[C@H]1Cc2ccccc2N1C(=O)OC(C)(C)C. The van der Waals surface area contributed by atoms with Crippen molar-refractivity contribution in [1.29, 1.82) is 0 Å². The highest BCUT2D eigenvalue weighted by Crippen LogP contribution is 2.34. The van der Waals surface area contributed by atoms with E-state index in [-0.39, 0.29) is 0 Å². The van der Waals surface area contributed by atoms with Crippen molar-refractivity contribution in [1.82, 2.24) is 0 Å². The number of rotatable bonds is 1. The Morgan fingerprint density at radius 3 is 2.13 bits per heavy atom. The Bertz CT molecular complexity index is 610. The van der Waals surface area contributed by atoms with Gasteiger partial charge in [0.15, 0.2) is 0 Å². The molecule has 5 nitrogen and oxygen atoms in total. The van der Waals surface area contributed by atoms with Gasteiger partial charge in [-0.2, -0.15) is 0 Å². The van der Waals surface area contributed by atoms with Gasteiger partial charge < -0.3 is 9.47 Å². The molecule has 0 N–H and O–H groups in total. The van der Waals surface area contributed by atoms with Gasteiger partial charge >= 0.3 is 12.1 Å². The number of amides is 1. The summed E-state index contributed by atoms with van der Waals surface area (Å²) in [5.41, 5.74) is 0.408. The van der Waals surface area contributed by atoms with Crippen LogP contribution < -0.4 is 4.90 Å². The van der Waals surface area contributed by atoms with Crippen LogP contribution in [0, 0.1) is 0 Å². The van der Waals surface area contributed by atoms with E-state index in [4.69, 9.17) is 9.47 Å². The summed E-state index contributed by atoms with van der Waals surface area (Å²) in [6.45, 7) is 10.8. The number of anilines is 1. The molecule has 0 bridgehead atoms. The van der Waals surface area contributed by atoms with Crippen molar-refractivity contribution in [2.24, 2.45) is 0 Å². The maximum Gasteiger partial charge on any atom is 0.415 e. The van der Waals surface area contributed by atoms with E-state index in [0.29, 0.717) is 12.1 Å². The summed E-state index contributed by atoms with van der Waals surface area (Å²) in [5, 5.41) is 0. The summed E-state index contributed by atoms with van der Waals surface area (Å²) >= 11 is 0. The highest BCUT2D eigenvalue weighted by atomic mass is 16.6. The number of hydrogen-bond acceptors (Lipinski definition) is 4. The first-order valence-electron chi connectivity index (χ1n) is 7.81. The van der Waals surface area contributed by atoms with Crippen molar-refractivity contribution in [2.75, 3.05) is 4.90 Å². The van der Waals surface area contributed by atoms with Crippen LogP contribution in [-0.4, -0.2) is 29.3 Å². The average molecular weight is 319 g/mol. The summed E-state index contributed by atoms with van der Waals surface area (Å²) in [6, 6.07) is 6.78. The molecule has 2 rings (SSSR count). The molecule has 126 valence electrons. The van der Waals surface area contributed by atoms with Crippen LogP contribution in [0.3, 0.4) is 0 Å². The molecule has 0 radical (unpaired) electrons. The van der Waals surface area contributed by atoms with E-state index >= 15 is 0 Å². The van der Waals surface area contributed by atoms with Crippen molar-refractivity contribution < 1.29 is 19.1 Å². The van der Waals surface area contributed by atoms with Gasteiger partial charge in [0.1, 0.15) is 17.2 Å². The maximum atomic E-state index is 12.6. The number of carbonyl (C=O) groups is 2. The molecule has 1 heterocycles. The van der Waals surface area contributed by atoms with Crippen LogP contribution in [0.4, 0.5) is 10.5 Å². The third-order valence-electron chi connectivity index (χ3n) is 3.25. The molecule has 0 spiro atoms. The highest BCUT2D eigenvalue weighted by Gasteiger charge is 2.42. The Balaban J connectivity index is 2.31. The predicted molar refractivity (Wildman–Crippen MR) is 88.5 cm³/mol. The molecule has 0 fully saturated rings. The molecule has 1 aromatic rings. The molecule has 1 atom stereocenters. The Kier molecular flexibility index (Phi) is 4.42. The lowest BCUT2D eigenvalue weighted by molar-refractivity contribution is -0.156. The van der Waals surface area contributed by atoms with Crippen molar-refractivity contribution in [3.63, 3.8) is 0 Å². The largest absolute Gasteiger partial charge is 0.458 e. The summed E-state index contributed by atoms with van der Waals surface area (Å²) in [7, 11) is 0. The fraction of sp³-hybridized carbons (Fsp3) is 0.556. The van der Waals surface area contributed by atoms with Crippen LogP contribution in [0.15, 0.2) is 24.3 Å². The molecule has 1 aliphatic rings. The third-order valence-corrected chi connectivity index (χ3v) is 3.25. The Morgan fingerprint density at radius 1 is 1.00 bits per heavy atom. The van der Waals surface area contributed by atoms with Gasteiger partial charge in [0.2, 0.25) is 0 Å². The number of carbonyl (C=O) groups excluding carboxylic acids is 2. The number of para-hydroxylation sites is 1. The number of esters is 1. The minimum atomic E-state index is -0.693. The Morgan fingerprint density at radius 2 is 1.57 bits per heavy atom. The standard InChI is InChI=1S/C18H25NO4/c1-17(2,3)22-15(20)14-11-12-9-7-8-10-13(12)19(14)16(21)23-18(4,5)6/h7-10,14H,11H2,1-6H3/t14-/m1/s1. The zero-order valence-corrected chi connectivity index (χ0v) is 14.7. The van der Waals surface area contributed by atoms with Crippen molar-refractivity contribution in [3.8, 4) is 0 Å². The summed E-state index contributed by atoms with van der Waals surface area (Å²) in [6.07, 6.45) is -0.0945. The van der Waals surface area contributed by atoms with Crippen LogP contribution in [0.25, 0.3) is 0 Å². The number of fused-ring (bicyclic) bond motifs is 1. The van der Waals surface area contributed by atoms with Gasteiger partial charge in [-0.25, -0.2) is 9.59 Å². The minimum absolute atomic E-state index is 0.417. The molecule has 0 aliphatic carbocycles. The lowest BCUT2D eigenvalue weighted by Crippen LogP contribution is -2.47. The van der Waals surface area contributed by atoms with Gasteiger partial charge in [-0.05, 0) is 53.2 Å². The van der Waals surface area contributed by atoms with Crippen LogP contribution in [0.1, 0.15) is 47.1 Å². The monoisotopic (exact) mass is 319 g/mol. The number of hydrogen-bond donors (Lipinski definition) is 0. The fourth-order valence-electron chi connectivity index (χ4n) is 2.48. The molecule has 0 aromatic heterocycles. The van der Waals surface area contributed by atoms with Gasteiger partial charge in [0.05, 0.1) is 5.69 Å². The molecule has 5 heteroatoms. The quantitative estimate of drug-likeness (QED) is 0.741. The first-order valence-corrected chi connectivity index (χ1v) is 7.81. The third kappa shape index (κ3) is 4.24. The molecular weight excluding hydrogens is 294 g/mol. The van der Waals surface area contributed by atoms with Crippen LogP contribution >= 0.6 is 0 Å². The van der Waals surface area contributed by atoms with Gasteiger partial charge in [-0.3, -0.25) is 4.90 Å². The van der Waals surface area contributed by atoms with E-state index in [1.807, 2.05) is 45.0 Å². The van der Waals surface area contributed by atoms with Gasteiger partial charge in [0, 0.05) is 6.42 Å². The minimum Gasteiger partial charge on any atom is -0.458 e. The first-order chi connectivity index (χ1) is 10.5. The number of benzene rings is 1. The number of nitrogens with zero attached hydrogens (tertiary/aromatic N) is 1. The second kappa shape index (κ2) is 5.87. The van der Waals surface area contributed by atoms with E-state index in [2.05, 4.69) is 0 Å². The topological polar surface area (TPSA) is 55.8 Å². The average Bonchev–Trinajstić information content (AvgIpc) is 2.73. The Labute approximate surface area is 137 Å². The second-order valence-corrected chi connectivity index (χ2v) is 7.73. The smallest absolute Gasteiger partial charge is 0.415 e. The Hall–Kier alpha value is -2.04. The van der Waals surface area contributed by atoms with Gasteiger partial charge in [-0.1, -0.05) is 18.2 Å². The van der Waals surface area contributed by atoms with Gasteiger partial charge in [0.25, 0.3) is 0 Å². The number of ether oxygens (including phenoxy) is 2. The highest BCUT2D eigenvalue weighted by molar-refractivity contribution is 5.99. The van der Waals surface area contributed by atoms with Crippen molar-refractivity contribution >= 4 is 17.7 Å². The summed E-state index contributed by atoms with van der Waals surface area (Å²) in [5.74, 6) is -0.417.